The van der Waals surface area contributed by atoms with Gasteiger partial charge in [0.05, 0.1) is 6.61 Å². The summed E-state index contributed by atoms with van der Waals surface area (Å²) in [7, 11) is 0. The Bertz CT molecular complexity index is 625. The normalized spacial score (nSPS) is 11.4. The van der Waals surface area contributed by atoms with E-state index < -0.39 is 0 Å². The molecule has 2 rings (SSSR count). The molecule has 3 nitrogen and oxygen atoms in total. The minimum absolute atomic E-state index is 0.172. The molecule has 0 aromatic heterocycles. The maximum Gasteiger partial charge on any atom is 0.119 e. The molecule has 0 heterocycles. The van der Waals surface area contributed by atoms with E-state index >= 15 is 0 Å². The zero-order valence-electron chi connectivity index (χ0n) is 16.1. The molecule has 0 aliphatic rings. The Labute approximate surface area is 152 Å². The van der Waals surface area contributed by atoms with Gasteiger partial charge in [0.25, 0.3) is 0 Å². The average molecular weight is 341 g/mol. The van der Waals surface area contributed by atoms with Gasteiger partial charge in [-0.2, -0.15) is 0 Å². The summed E-state index contributed by atoms with van der Waals surface area (Å²) in [5, 5.41) is 3.36. The lowest BCUT2D eigenvalue weighted by molar-refractivity contribution is 0.271. The molecule has 136 valence electrons. The molecule has 0 bridgehead atoms. The third kappa shape index (κ3) is 6.69. The van der Waals surface area contributed by atoms with Gasteiger partial charge in [0.15, 0.2) is 0 Å². The lowest BCUT2D eigenvalue weighted by atomic mass is 9.87. The van der Waals surface area contributed by atoms with Crippen LogP contribution in [0.5, 0.6) is 11.5 Å². The van der Waals surface area contributed by atoms with Crippen molar-refractivity contribution in [2.24, 2.45) is 5.92 Å². The summed E-state index contributed by atoms with van der Waals surface area (Å²) in [5.74, 6) is 2.36. The Morgan fingerprint density at radius 2 is 1.40 bits per heavy atom. The van der Waals surface area contributed by atoms with Gasteiger partial charge in [-0.25, -0.2) is 0 Å². The van der Waals surface area contributed by atoms with E-state index in [-0.39, 0.29) is 5.41 Å². The van der Waals surface area contributed by atoms with Gasteiger partial charge in [0, 0.05) is 12.2 Å². The van der Waals surface area contributed by atoms with Gasteiger partial charge >= 0.3 is 0 Å². The lowest BCUT2D eigenvalue weighted by Gasteiger charge is -2.19. The second-order valence-corrected chi connectivity index (χ2v) is 7.78. The first kappa shape index (κ1) is 19.2. The molecule has 1 N–H and O–H groups in total. The number of benzene rings is 2. The molecule has 25 heavy (non-hydrogen) atoms. The highest BCUT2D eigenvalue weighted by Crippen LogP contribution is 2.24. The molecule has 0 fully saturated rings. The predicted octanol–water partition coefficient (Wildman–Crippen LogP) is 5.51. The molecule has 3 heteroatoms. The Hall–Kier alpha value is -2.16. The van der Waals surface area contributed by atoms with E-state index in [0.717, 1.165) is 30.3 Å². The molecule has 0 spiro atoms. The monoisotopic (exact) mass is 341 g/mol. The first-order chi connectivity index (χ1) is 11.8. The maximum atomic E-state index is 5.80. The molecule has 0 amide bonds. The van der Waals surface area contributed by atoms with Crippen molar-refractivity contribution in [2.75, 3.05) is 25.1 Å². The summed E-state index contributed by atoms with van der Waals surface area (Å²) in [5.41, 5.74) is 2.56. The van der Waals surface area contributed by atoms with Gasteiger partial charge in [0.2, 0.25) is 0 Å². The third-order valence-electron chi connectivity index (χ3n) is 3.86. The number of nitrogens with one attached hydrogen (secondary N) is 1. The van der Waals surface area contributed by atoms with Crippen LogP contribution < -0.4 is 14.8 Å². The summed E-state index contributed by atoms with van der Waals surface area (Å²) >= 11 is 0. The van der Waals surface area contributed by atoms with Gasteiger partial charge in [-0.3, -0.25) is 0 Å². The Kier molecular flexibility index (Phi) is 6.74. The van der Waals surface area contributed by atoms with Crippen LogP contribution in [0.15, 0.2) is 48.5 Å². The van der Waals surface area contributed by atoms with Crippen LogP contribution in [0.4, 0.5) is 5.69 Å². The smallest absolute Gasteiger partial charge is 0.119 e. The summed E-state index contributed by atoms with van der Waals surface area (Å²) in [6.45, 7) is 13.1. The molecule has 2 aromatic rings. The predicted molar refractivity (Wildman–Crippen MR) is 106 cm³/mol. The quantitative estimate of drug-likeness (QED) is 0.642. The van der Waals surface area contributed by atoms with Crippen LogP contribution in [0.3, 0.4) is 0 Å². The highest BCUT2D eigenvalue weighted by Gasteiger charge is 2.12. The highest BCUT2D eigenvalue weighted by molar-refractivity contribution is 5.46. The fraction of sp³-hybridized carbons (Fsp3) is 0.455. The highest BCUT2D eigenvalue weighted by atomic mass is 16.5. The van der Waals surface area contributed by atoms with Crippen molar-refractivity contribution in [3.63, 3.8) is 0 Å². The number of anilines is 1. The number of rotatable bonds is 8. The van der Waals surface area contributed by atoms with Crippen LogP contribution >= 0.6 is 0 Å². The van der Waals surface area contributed by atoms with Crippen molar-refractivity contribution in [1.82, 2.24) is 0 Å². The van der Waals surface area contributed by atoms with E-state index in [1.165, 1.54) is 5.56 Å². The SMILES string of the molecule is CC(C)COc1ccc(NCCOc2ccc(C(C)(C)C)cc2)cc1. The number of hydrogen-bond donors (Lipinski definition) is 1. The summed E-state index contributed by atoms with van der Waals surface area (Å²) < 4.78 is 11.5. The van der Waals surface area contributed by atoms with Crippen LogP contribution in [0.25, 0.3) is 0 Å². The first-order valence-electron chi connectivity index (χ1n) is 9.04. The molecule has 0 aliphatic carbocycles. The van der Waals surface area contributed by atoms with E-state index in [1.54, 1.807) is 0 Å². The van der Waals surface area contributed by atoms with E-state index in [1.807, 2.05) is 36.4 Å². The van der Waals surface area contributed by atoms with Crippen LogP contribution in [0.2, 0.25) is 0 Å². The van der Waals surface area contributed by atoms with Crippen molar-refractivity contribution in [3.05, 3.63) is 54.1 Å². The molecule has 2 aromatic carbocycles. The minimum Gasteiger partial charge on any atom is -0.493 e. The van der Waals surface area contributed by atoms with Crippen molar-refractivity contribution in [3.8, 4) is 11.5 Å². The molecule has 0 unspecified atom stereocenters. The molecule has 0 atom stereocenters. The van der Waals surface area contributed by atoms with Gasteiger partial charge < -0.3 is 14.8 Å². The molecule has 0 aliphatic heterocycles. The van der Waals surface area contributed by atoms with Gasteiger partial charge in [-0.1, -0.05) is 46.8 Å². The van der Waals surface area contributed by atoms with Gasteiger partial charge in [0.1, 0.15) is 18.1 Å². The number of ether oxygens (including phenoxy) is 2. The van der Waals surface area contributed by atoms with Gasteiger partial charge in [-0.15, -0.1) is 0 Å². The largest absolute Gasteiger partial charge is 0.493 e. The minimum atomic E-state index is 0.172. The zero-order chi connectivity index (χ0) is 18.3. The second kappa shape index (κ2) is 8.80. The molecular weight excluding hydrogens is 310 g/mol. The van der Waals surface area contributed by atoms with E-state index in [2.05, 4.69) is 52.1 Å². The van der Waals surface area contributed by atoms with Crippen molar-refractivity contribution >= 4 is 5.69 Å². The Balaban J connectivity index is 1.72. The fourth-order valence-electron chi connectivity index (χ4n) is 2.35. The zero-order valence-corrected chi connectivity index (χ0v) is 16.1. The van der Waals surface area contributed by atoms with Crippen molar-refractivity contribution in [1.29, 1.82) is 0 Å². The third-order valence-corrected chi connectivity index (χ3v) is 3.86. The fourth-order valence-corrected chi connectivity index (χ4v) is 2.35. The Morgan fingerprint density at radius 3 is 1.96 bits per heavy atom. The van der Waals surface area contributed by atoms with Crippen LogP contribution in [0.1, 0.15) is 40.2 Å². The second-order valence-electron chi connectivity index (χ2n) is 7.78. The van der Waals surface area contributed by atoms with Crippen LogP contribution in [0, 0.1) is 5.92 Å². The molecule has 0 saturated carbocycles. The van der Waals surface area contributed by atoms with E-state index in [0.29, 0.717) is 12.5 Å². The van der Waals surface area contributed by atoms with Crippen molar-refractivity contribution < 1.29 is 9.47 Å². The van der Waals surface area contributed by atoms with Crippen LogP contribution in [-0.4, -0.2) is 19.8 Å². The van der Waals surface area contributed by atoms with E-state index in [4.69, 9.17) is 9.47 Å². The molecule has 0 radical (unpaired) electrons. The standard InChI is InChI=1S/C22H31NO2/c1-17(2)16-25-21-12-8-19(9-13-21)23-14-15-24-20-10-6-18(7-11-20)22(3,4)5/h6-13,17,23H,14-16H2,1-5H3. The summed E-state index contributed by atoms with van der Waals surface area (Å²) in [6.07, 6.45) is 0. The summed E-state index contributed by atoms with van der Waals surface area (Å²) in [6, 6.07) is 16.4. The van der Waals surface area contributed by atoms with Crippen LogP contribution in [-0.2, 0) is 5.41 Å². The Morgan fingerprint density at radius 1 is 0.840 bits per heavy atom. The van der Waals surface area contributed by atoms with Crippen molar-refractivity contribution in [2.45, 2.75) is 40.0 Å². The number of hydrogen-bond acceptors (Lipinski definition) is 3. The molecular formula is C22H31NO2. The maximum absolute atomic E-state index is 5.80. The topological polar surface area (TPSA) is 30.5 Å². The molecule has 0 saturated heterocycles. The van der Waals surface area contributed by atoms with Gasteiger partial charge in [-0.05, 0) is 53.3 Å². The summed E-state index contributed by atoms with van der Waals surface area (Å²) in [4.78, 5) is 0. The average Bonchev–Trinajstić information content (AvgIpc) is 2.57. The lowest BCUT2D eigenvalue weighted by Crippen LogP contribution is -2.12. The first-order valence-corrected chi connectivity index (χ1v) is 9.04. The van der Waals surface area contributed by atoms with E-state index in [9.17, 15) is 0 Å².